The normalized spacial score (nSPS) is 14.4. The highest BCUT2D eigenvalue weighted by molar-refractivity contribution is 7.90. The van der Waals surface area contributed by atoms with Crippen LogP contribution in [0.3, 0.4) is 0 Å². The molecule has 34 heavy (non-hydrogen) atoms. The van der Waals surface area contributed by atoms with Crippen LogP contribution in [0.1, 0.15) is 19.8 Å². The maximum atomic E-state index is 12.7. The van der Waals surface area contributed by atoms with Gasteiger partial charge in [0.2, 0.25) is 11.8 Å². The van der Waals surface area contributed by atoms with Gasteiger partial charge in [0.1, 0.15) is 0 Å². The third-order valence-corrected chi connectivity index (χ3v) is 6.96. The Bertz CT molecular complexity index is 1260. The summed E-state index contributed by atoms with van der Waals surface area (Å²) in [7, 11) is -3.91. The van der Waals surface area contributed by atoms with Gasteiger partial charge in [-0.05, 0) is 61.4 Å². The second kappa shape index (κ2) is 9.96. The molecule has 0 spiro atoms. The molecule has 0 aliphatic carbocycles. The Hall–Kier alpha value is -3.86. The molecule has 11 heteroatoms. The number of nitrogens with one attached hydrogen (secondary N) is 2. The van der Waals surface area contributed by atoms with Gasteiger partial charge >= 0.3 is 0 Å². The molecular weight excluding hydrogens is 456 g/mol. The van der Waals surface area contributed by atoms with E-state index >= 15 is 0 Å². The number of carbonyl (C=O) groups excluding carboxylic acids is 2. The molecular formula is C23H24N6O4S. The van der Waals surface area contributed by atoms with Crippen LogP contribution in [-0.4, -0.2) is 48.5 Å². The van der Waals surface area contributed by atoms with Crippen molar-refractivity contribution in [2.24, 2.45) is 5.92 Å². The molecule has 10 nitrogen and oxygen atoms in total. The van der Waals surface area contributed by atoms with Crippen molar-refractivity contribution in [3.8, 4) is 11.3 Å². The summed E-state index contributed by atoms with van der Waals surface area (Å²) < 4.78 is 26.0. The van der Waals surface area contributed by atoms with Crippen LogP contribution in [0.25, 0.3) is 11.3 Å². The highest BCUT2D eigenvalue weighted by atomic mass is 32.2. The van der Waals surface area contributed by atoms with Gasteiger partial charge < -0.3 is 10.2 Å². The average molecular weight is 481 g/mol. The van der Waals surface area contributed by atoms with Crippen molar-refractivity contribution in [3.63, 3.8) is 0 Å². The van der Waals surface area contributed by atoms with Crippen molar-refractivity contribution in [2.75, 3.05) is 23.3 Å². The number of rotatable bonds is 6. The lowest BCUT2D eigenvalue weighted by Gasteiger charge is -2.31. The van der Waals surface area contributed by atoms with Crippen molar-refractivity contribution in [2.45, 2.75) is 24.7 Å². The van der Waals surface area contributed by atoms with Gasteiger partial charge in [-0.1, -0.05) is 0 Å². The van der Waals surface area contributed by atoms with Crippen LogP contribution in [0.5, 0.6) is 0 Å². The van der Waals surface area contributed by atoms with Gasteiger partial charge in [-0.3, -0.25) is 14.6 Å². The van der Waals surface area contributed by atoms with E-state index in [2.05, 4.69) is 25.4 Å². The van der Waals surface area contributed by atoms with Gasteiger partial charge in [0.25, 0.3) is 10.0 Å². The first-order valence-corrected chi connectivity index (χ1v) is 12.2. The van der Waals surface area contributed by atoms with E-state index in [1.165, 1.54) is 24.3 Å². The number of pyridine rings is 1. The van der Waals surface area contributed by atoms with E-state index in [4.69, 9.17) is 0 Å². The first-order chi connectivity index (χ1) is 16.3. The lowest BCUT2D eigenvalue weighted by Crippen LogP contribution is -2.38. The van der Waals surface area contributed by atoms with Gasteiger partial charge in [-0.15, -0.1) is 10.2 Å². The van der Waals surface area contributed by atoms with Gasteiger partial charge in [0.05, 0.1) is 10.6 Å². The lowest BCUT2D eigenvalue weighted by molar-refractivity contribution is -0.120. The maximum absolute atomic E-state index is 12.7. The number of hydrogen-bond acceptors (Lipinski definition) is 8. The monoisotopic (exact) mass is 480 g/mol. The van der Waals surface area contributed by atoms with Crippen molar-refractivity contribution in [1.29, 1.82) is 0 Å². The minimum atomic E-state index is -3.91. The summed E-state index contributed by atoms with van der Waals surface area (Å²) in [6, 6.07) is 13.3. The largest absolute Gasteiger partial charge is 0.355 e. The van der Waals surface area contributed by atoms with Crippen LogP contribution < -0.4 is 14.9 Å². The quantitative estimate of drug-likeness (QED) is 0.548. The Balaban J connectivity index is 1.31. The predicted octanol–water partition coefficient (Wildman–Crippen LogP) is 2.22. The van der Waals surface area contributed by atoms with E-state index in [1.807, 2.05) is 29.0 Å². The molecule has 3 aromatic rings. The summed E-state index contributed by atoms with van der Waals surface area (Å²) in [6.07, 6.45) is 4.77. The summed E-state index contributed by atoms with van der Waals surface area (Å²) in [5.41, 5.74) is 2.14. The molecule has 3 heterocycles. The highest BCUT2D eigenvalue weighted by Gasteiger charge is 2.26. The van der Waals surface area contributed by atoms with Gasteiger partial charge in [-0.25, -0.2) is 13.1 Å². The van der Waals surface area contributed by atoms with E-state index < -0.39 is 15.9 Å². The number of hydrogen-bond donors (Lipinski definition) is 2. The minimum Gasteiger partial charge on any atom is -0.355 e. The summed E-state index contributed by atoms with van der Waals surface area (Å²) in [6.45, 7) is 2.47. The van der Waals surface area contributed by atoms with Gasteiger partial charge in [0.15, 0.2) is 5.82 Å². The van der Waals surface area contributed by atoms with Crippen molar-refractivity contribution in [1.82, 2.24) is 19.9 Å². The zero-order valence-electron chi connectivity index (χ0n) is 18.5. The second-order valence-corrected chi connectivity index (χ2v) is 9.64. The summed E-state index contributed by atoms with van der Waals surface area (Å²) in [5.74, 6) is -0.182. The van der Waals surface area contributed by atoms with Crippen LogP contribution in [0, 0.1) is 5.92 Å². The molecule has 0 radical (unpaired) electrons. The molecule has 1 aromatic carbocycles. The predicted molar refractivity (Wildman–Crippen MR) is 126 cm³/mol. The number of carbonyl (C=O) groups is 2. The van der Waals surface area contributed by atoms with Crippen molar-refractivity contribution >= 4 is 33.3 Å². The Labute approximate surface area is 197 Å². The van der Waals surface area contributed by atoms with E-state index in [-0.39, 0.29) is 16.7 Å². The fourth-order valence-electron chi connectivity index (χ4n) is 3.74. The molecule has 1 fully saturated rings. The molecule has 1 saturated heterocycles. The molecule has 1 aliphatic heterocycles. The van der Waals surface area contributed by atoms with Gasteiger partial charge in [0, 0.05) is 49.6 Å². The zero-order chi connectivity index (χ0) is 24.1. The van der Waals surface area contributed by atoms with Crippen LogP contribution in [0.4, 0.5) is 11.5 Å². The molecule has 2 aromatic heterocycles. The van der Waals surface area contributed by atoms with Crippen LogP contribution >= 0.6 is 0 Å². The number of aromatic nitrogens is 3. The molecule has 176 valence electrons. The third kappa shape index (κ3) is 5.54. The Morgan fingerprint density at radius 2 is 1.74 bits per heavy atom. The average Bonchev–Trinajstić information content (AvgIpc) is 2.84. The molecule has 1 aliphatic rings. The van der Waals surface area contributed by atoms with E-state index in [1.54, 1.807) is 12.4 Å². The number of benzene rings is 1. The van der Waals surface area contributed by atoms with Crippen molar-refractivity contribution < 1.29 is 18.0 Å². The summed E-state index contributed by atoms with van der Waals surface area (Å²) in [4.78, 5) is 29.9. The number of piperidine rings is 1. The number of sulfonamides is 1. The molecule has 0 bridgehead atoms. The first kappa shape index (κ1) is 23.3. The van der Waals surface area contributed by atoms with E-state index in [9.17, 15) is 18.0 Å². The van der Waals surface area contributed by atoms with Crippen LogP contribution in [0.2, 0.25) is 0 Å². The Morgan fingerprint density at radius 3 is 2.32 bits per heavy atom. The van der Waals surface area contributed by atoms with E-state index in [0.29, 0.717) is 31.6 Å². The lowest BCUT2D eigenvalue weighted by atomic mass is 9.96. The molecule has 0 saturated carbocycles. The topological polar surface area (TPSA) is 134 Å². The highest BCUT2D eigenvalue weighted by Crippen LogP contribution is 2.24. The van der Waals surface area contributed by atoms with Gasteiger partial charge in [-0.2, -0.15) is 0 Å². The maximum Gasteiger partial charge on any atom is 0.264 e. The zero-order valence-corrected chi connectivity index (χ0v) is 19.3. The number of amides is 2. The minimum absolute atomic E-state index is 0.0512. The first-order valence-electron chi connectivity index (χ1n) is 10.8. The molecule has 2 N–H and O–H groups in total. The van der Waals surface area contributed by atoms with Crippen LogP contribution in [0.15, 0.2) is 65.8 Å². The van der Waals surface area contributed by atoms with E-state index in [0.717, 1.165) is 24.0 Å². The summed E-state index contributed by atoms with van der Waals surface area (Å²) in [5, 5.41) is 11.5. The molecule has 0 atom stereocenters. The summed E-state index contributed by atoms with van der Waals surface area (Å²) >= 11 is 0. The Morgan fingerprint density at radius 1 is 1.00 bits per heavy atom. The third-order valence-electron chi connectivity index (χ3n) is 5.51. The number of nitrogens with zero attached hydrogens (tertiary/aromatic N) is 4. The van der Waals surface area contributed by atoms with Crippen molar-refractivity contribution in [3.05, 3.63) is 60.9 Å². The standard InChI is InChI=1S/C23H24N6O4S/c1-16(30)28-34(32,33)20-6-4-19(5-7-20)25-23(31)17-10-13-29(14-11-17)22-9-8-21(26-27-22)18-3-2-12-24-15-18/h2-9,12,15,17H,10-11,13-14H2,1H3,(H,25,31)(H,28,30). The second-order valence-electron chi connectivity index (χ2n) is 7.96. The smallest absolute Gasteiger partial charge is 0.264 e. The Kier molecular flexibility index (Phi) is 6.82. The fraction of sp³-hybridized carbons (Fsp3) is 0.261. The molecule has 0 unspecified atom stereocenters. The molecule has 2 amide bonds. The molecule has 4 rings (SSSR count). The van der Waals surface area contributed by atoms with Crippen LogP contribution in [-0.2, 0) is 19.6 Å². The fourth-order valence-corrected chi connectivity index (χ4v) is 4.73. The number of anilines is 2. The SMILES string of the molecule is CC(=O)NS(=O)(=O)c1ccc(NC(=O)C2CCN(c3ccc(-c4cccnc4)nn3)CC2)cc1.